The lowest BCUT2D eigenvalue weighted by atomic mass is 9.81. The highest BCUT2D eigenvalue weighted by molar-refractivity contribution is 8.13. The van der Waals surface area contributed by atoms with Crippen LogP contribution < -0.4 is 4.74 Å². The summed E-state index contributed by atoms with van der Waals surface area (Å²) >= 11 is 0. The second-order valence-electron chi connectivity index (χ2n) is 4.28. The maximum Gasteiger partial charge on any atom is 0.261 e. The molecule has 0 radical (unpaired) electrons. The molecule has 0 spiro atoms. The molecule has 0 unspecified atom stereocenters. The fraction of sp³-hybridized carbons (Fsp3) is 0.455. The number of rotatable bonds is 4. The molecule has 94 valence electrons. The molecule has 1 fully saturated rings. The van der Waals surface area contributed by atoms with E-state index in [-0.39, 0.29) is 11.5 Å². The average molecular weight is 277 g/mol. The summed E-state index contributed by atoms with van der Waals surface area (Å²) in [5.41, 5.74) is -0.711. The van der Waals surface area contributed by atoms with Gasteiger partial charge in [-0.3, -0.25) is 0 Å². The normalized spacial score (nSPS) is 18.5. The number of benzene rings is 1. The second kappa shape index (κ2) is 4.48. The van der Waals surface area contributed by atoms with Crippen molar-refractivity contribution in [1.29, 1.82) is 0 Å². The summed E-state index contributed by atoms with van der Waals surface area (Å²) in [6, 6.07) is 5.81. The molecule has 0 saturated heterocycles. The maximum absolute atomic E-state index is 11.0. The average Bonchev–Trinajstić information content (AvgIpc) is 2.23. The van der Waals surface area contributed by atoms with Gasteiger partial charge < -0.3 is 9.84 Å². The van der Waals surface area contributed by atoms with Gasteiger partial charge in [0.05, 0.1) is 10.5 Å². The molecule has 17 heavy (non-hydrogen) atoms. The van der Waals surface area contributed by atoms with E-state index in [0.29, 0.717) is 5.75 Å². The fourth-order valence-corrected chi connectivity index (χ4v) is 2.42. The van der Waals surface area contributed by atoms with E-state index in [1.165, 1.54) is 24.3 Å². The molecule has 4 nitrogen and oxygen atoms in total. The van der Waals surface area contributed by atoms with Crippen LogP contribution in [0.4, 0.5) is 0 Å². The number of hydrogen-bond donors (Lipinski definition) is 1. The van der Waals surface area contributed by atoms with E-state index in [0.717, 1.165) is 19.3 Å². The highest BCUT2D eigenvalue weighted by atomic mass is 35.7. The zero-order valence-corrected chi connectivity index (χ0v) is 10.7. The SMILES string of the molecule is O=S(=O)(Cl)c1ccc(OCC2(O)CCC2)cc1. The van der Waals surface area contributed by atoms with E-state index in [2.05, 4.69) is 0 Å². The van der Waals surface area contributed by atoms with Crippen LogP contribution in [0.25, 0.3) is 0 Å². The number of aliphatic hydroxyl groups is 1. The van der Waals surface area contributed by atoms with Gasteiger partial charge in [-0.15, -0.1) is 0 Å². The van der Waals surface area contributed by atoms with Gasteiger partial charge in [-0.2, -0.15) is 0 Å². The largest absolute Gasteiger partial charge is 0.491 e. The first kappa shape index (κ1) is 12.7. The molecule has 0 aliphatic heterocycles. The Labute approximate surface area is 105 Å². The molecule has 1 aliphatic rings. The molecule has 0 amide bonds. The Kier molecular flexibility index (Phi) is 3.34. The molecule has 1 aromatic carbocycles. The minimum absolute atomic E-state index is 0.0360. The topological polar surface area (TPSA) is 63.6 Å². The molecule has 2 rings (SSSR count). The fourth-order valence-electron chi connectivity index (χ4n) is 1.65. The first-order valence-corrected chi connectivity index (χ1v) is 7.60. The van der Waals surface area contributed by atoms with Gasteiger partial charge >= 0.3 is 0 Å². The molecule has 0 atom stereocenters. The van der Waals surface area contributed by atoms with E-state index >= 15 is 0 Å². The number of halogens is 1. The van der Waals surface area contributed by atoms with Crippen LogP contribution >= 0.6 is 10.7 Å². The third-order valence-electron chi connectivity index (χ3n) is 2.90. The Balaban J connectivity index is 1.99. The van der Waals surface area contributed by atoms with Crippen LogP contribution in [0.15, 0.2) is 29.2 Å². The van der Waals surface area contributed by atoms with Crippen LogP contribution in [0, 0.1) is 0 Å². The predicted molar refractivity (Wildman–Crippen MR) is 63.8 cm³/mol. The van der Waals surface area contributed by atoms with Crippen LogP contribution in [0.2, 0.25) is 0 Å². The summed E-state index contributed by atoms with van der Waals surface area (Å²) in [5, 5.41) is 9.81. The van der Waals surface area contributed by atoms with E-state index in [9.17, 15) is 13.5 Å². The molecule has 1 N–H and O–H groups in total. The molecule has 0 aromatic heterocycles. The van der Waals surface area contributed by atoms with E-state index in [4.69, 9.17) is 15.4 Å². The summed E-state index contributed by atoms with van der Waals surface area (Å²) in [7, 11) is 1.49. The number of hydrogen-bond acceptors (Lipinski definition) is 4. The van der Waals surface area contributed by atoms with Gasteiger partial charge in [-0.05, 0) is 43.5 Å². The van der Waals surface area contributed by atoms with Crippen molar-refractivity contribution in [2.45, 2.75) is 29.8 Å². The van der Waals surface area contributed by atoms with Gasteiger partial charge in [0.25, 0.3) is 9.05 Å². The first-order chi connectivity index (χ1) is 7.89. The molecule has 1 saturated carbocycles. The molecular weight excluding hydrogens is 264 g/mol. The van der Waals surface area contributed by atoms with Crippen molar-refractivity contribution in [2.24, 2.45) is 0 Å². The molecule has 1 aromatic rings. The minimum Gasteiger partial charge on any atom is -0.491 e. The van der Waals surface area contributed by atoms with Crippen LogP contribution in [-0.4, -0.2) is 25.7 Å². The standard InChI is InChI=1S/C11H13ClO4S/c12-17(14,15)10-4-2-9(3-5-10)16-8-11(13)6-1-7-11/h2-5,13H,1,6-8H2. The third kappa shape index (κ3) is 3.12. The highest BCUT2D eigenvalue weighted by Crippen LogP contribution is 2.32. The monoisotopic (exact) mass is 276 g/mol. The maximum atomic E-state index is 11.0. The zero-order valence-electron chi connectivity index (χ0n) is 9.10. The van der Waals surface area contributed by atoms with Crippen LogP contribution in [0.3, 0.4) is 0 Å². The molecule has 0 bridgehead atoms. The quantitative estimate of drug-likeness (QED) is 0.853. The second-order valence-corrected chi connectivity index (χ2v) is 6.84. The molecular formula is C11H13ClO4S. The number of ether oxygens (including phenoxy) is 1. The van der Waals surface area contributed by atoms with E-state index in [1.807, 2.05) is 0 Å². The van der Waals surface area contributed by atoms with Crippen LogP contribution in [-0.2, 0) is 9.05 Å². The highest BCUT2D eigenvalue weighted by Gasteiger charge is 2.35. The summed E-state index contributed by atoms with van der Waals surface area (Å²) in [5.74, 6) is 0.523. The van der Waals surface area contributed by atoms with Crippen molar-refractivity contribution < 1.29 is 18.3 Å². The lowest BCUT2D eigenvalue weighted by Crippen LogP contribution is -2.42. The minimum atomic E-state index is -3.69. The Bertz CT molecular complexity index is 491. The summed E-state index contributed by atoms with van der Waals surface area (Å²) in [6.07, 6.45) is 2.52. The lowest BCUT2D eigenvalue weighted by Gasteiger charge is -2.35. The van der Waals surface area contributed by atoms with Crippen LogP contribution in [0.1, 0.15) is 19.3 Å². The van der Waals surface area contributed by atoms with Crippen LogP contribution in [0.5, 0.6) is 5.75 Å². The van der Waals surface area contributed by atoms with Gasteiger partial charge in [0, 0.05) is 10.7 Å². The lowest BCUT2D eigenvalue weighted by molar-refractivity contribution is -0.0663. The molecule has 6 heteroatoms. The van der Waals surface area contributed by atoms with Gasteiger partial charge in [-0.25, -0.2) is 8.42 Å². The van der Waals surface area contributed by atoms with Gasteiger partial charge in [-0.1, -0.05) is 0 Å². The molecule has 1 aliphatic carbocycles. The van der Waals surface area contributed by atoms with Crippen molar-refractivity contribution in [2.75, 3.05) is 6.61 Å². The van der Waals surface area contributed by atoms with Gasteiger partial charge in [0.1, 0.15) is 12.4 Å². The van der Waals surface area contributed by atoms with Crippen molar-refractivity contribution in [3.05, 3.63) is 24.3 Å². The zero-order chi connectivity index (χ0) is 12.5. The third-order valence-corrected chi connectivity index (χ3v) is 4.27. The first-order valence-electron chi connectivity index (χ1n) is 5.29. The Hall–Kier alpha value is -0.780. The van der Waals surface area contributed by atoms with Crippen molar-refractivity contribution in [3.8, 4) is 5.75 Å². The predicted octanol–water partition coefficient (Wildman–Crippen LogP) is 1.91. The van der Waals surface area contributed by atoms with Crippen molar-refractivity contribution >= 4 is 19.7 Å². The van der Waals surface area contributed by atoms with Crippen molar-refractivity contribution in [3.63, 3.8) is 0 Å². The molecule has 0 heterocycles. The van der Waals surface area contributed by atoms with Gasteiger partial charge in [0.2, 0.25) is 0 Å². The Morgan fingerprint density at radius 1 is 1.29 bits per heavy atom. The van der Waals surface area contributed by atoms with Crippen molar-refractivity contribution in [1.82, 2.24) is 0 Å². The Morgan fingerprint density at radius 2 is 1.88 bits per heavy atom. The smallest absolute Gasteiger partial charge is 0.261 e. The van der Waals surface area contributed by atoms with E-state index in [1.54, 1.807) is 0 Å². The summed E-state index contributed by atoms with van der Waals surface area (Å²) in [6.45, 7) is 0.236. The summed E-state index contributed by atoms with van der Waals surface area (Å²) in [4.78, 5) is 0.0360. The van der Waals surface area contributed by atoms with Gasteiger partial charge in [0.15, 0.2) is 0 Å². The van der Waals surface area contributed by atoms with E-state index < -0.39 is 14.7 Å². The summed E-state index contributed by atoms with van der Waals surface area (Å²) < 4.78 is 27.4. The Morgan fingerprint density at radius 3 is 2.29 bits per heavy atom.